The van der Waals surface area contributed by atoms with Gasteiger partial charge in [0.05, 0.1) is 5.56 Å². The van der Waals surface area contributed by atoms with Gasteiger partial charge in [0, 0.05) is 17.5 Å². The molecule has 0 saturated carbocycles. The summed E-state index contributed by atoms with van der Waals surface area (Å²) in [4.78, 5) is 0. The van der Waals surface area contributed by atoms with Crippen LogP contribution in [0.5, 0.6) is 0 Å². The van der Waals surface area contributed by atoms with E-state index in [-0.39, 0.29) is 4.21 Å². The number of hydrogen-bond acceptors (Lipinski definition) is 6. The minimum Gasteiger partial charge on any atom is -0.421 e. The van der Waals surface area contributed by atoms with E-state index in [1.165, 1.54) is 0 Å². The first kappa shape index (κ1) is 17.6. The SMILES string of the molecule is CCc1nnc(-c2csc(S(=O)(=O)Nc3ccc(C(C)C)cc3)c2)o1. The average molecular weight is 377 g/mol. The smallest absolute Gasteiger partial charge is 0.271 e. The van der Waals surface area contributed by atoms with Crippen LogP contribution in [0.25, 0.3) is 11.5 Å². The van der Waals surface area contributed by atoms with Gasteiger partial charge in [0.1, 0.15) is 4.21 Å². The molecule has 0 amide bonds. The number of nitrogens with one attached hydrogen (secondary N) is 1. The second kappa shape index (κ2) is 6.97. The number of rotatable bonds is 6. The Hall–Kier alpha value is -2.19. The number of nitrogens with zero attached hydrogens (tertiary/aromatic N) is 2. The van der Waals surface area contributed by atoms with Crippen LogP contribution in [0.4, 0.5) is 5.69 Å². The standard InChI is InChI=1S/C17H19N3O3S2/c1-4-15-18-19-17(23-15)13-9-16(24-10-13)25(21,22)20-14-7-5-12(6-8-14)11(2)3/h5-11,20H,4H2,1-3H3. The highest BCUT2D eigenvalue weighted by Crippen LogP contribution is 2.29. The number of hydrogen-bond donors (Lipinski definition) is 1. The van der Waals surface area contributed by atoms with E-state index >= 15 is 0 Å². The van der Waals surface area contributed by atoms with E-state index in [0.717, 1.165) is 16.9 Å². The van der Waals surface area contributed by atoms with Crippen molar-refractivity contribution in [2.24, 2.45) is 0 Å². The van der Waals surface area contributed by atoms with Gasteiger partial charge in [0.25, 0.3) is 10.0 Å². The topological polar surface area (TPSA) is 85.1 Å². The Morgan fingerprint density at radius 2 is 1.92 bits per heavy atom. The van der Waals surface area contributed by atoms with E-state index in [0.29, 0.717) is 35.4 Å². The van der Waals surface area contributed by atoms with Gasteiger partial charge in [-0.05, 0) is 29.7 Å². The third kappa shape index (κ3) is 3.91. The summed E-state index contributed by atoms with van der Waals surface area (Å²) in [6, 6.07) is 8.93. The van der Waals surface area contributed by atoms with Gasteiger partial charge in [-0.2, -0.15) is 0 Å². The van der Waals surface area contributed by atoms with Gasteiger partial charge >= 0.3 is 0 Å². The molecule has 6 nitrogen and oxygen atoms in total. The maximum atomic E-state index is 12.6. The monoisotopic (exact) mass is 377 g/mol. The van der Waals surface area contributed by atoms with Crippen molar-refractivity contribution in [1.29, 1.82) is 0 Å². The zero-order valence-electron chi connectivity index (χ0n) is 14.2. The van der Waals surface area contributed by atoms with Crippen LogP contribution in [0.15, 0.2) is 44.3 Å². The predicted molar refractivity (Wildman–Crippen MR) is 98.3 cm³/mol. The summed E-state index contributed by atoms with van der Waals surface area (Å²) < 4.78 is 33.4. The minimum absolute atomic E-state index is 0.201. The van der Waals surface area contributed by atoms with Gasteiger partial charge in [0.2, 0.25) is 11.8 Å². The molecule has 0 aliphatic rings. The molecule has 8 heteroatoms. The Kier molecular flexibility index (Phi) is 4.91. The Morgan fingerprint density at radius 1 is 1.20 bits per heavy atom. The van der Waals surface area contributed by atoms with E-state index < -0.39 is 10.0 Å². The van der Waals surface area contributed by atoms with Crippen molar-refractivity contribution in [3.8, 4) is 11.5 Å². The summed E-state index contributed by atoms with van der Waals surface area (Å²) in [5.41, 5.74) is 2.29. The highest BCUT2D eigenvalue weighted by atomic mass is 32.2. The first-order chi connectivity index (χ1) is 11.9. The quantitative estimate of drug-likeness (QED) is 0.693. The molecular formula is C17H19N3O3S2. The Bertz CT molecular complexity index is 957. The van der Waals surface area contributed by atoms with Gasteiger partial charge < -0.3 is 4.42 Å². The number of anilines is 1. The Morgan fingerprint density at radius 3 is 2.52 bits per heavy atom. The minimum atomic E-state index is -3.65. The lowest BCUT2D eigenvalue weighted by Crippen LogP contribution is -2.11. The molecule has 0 fully saturated rings. The molecule has 2 aromatic heterocycles. The third-order valence-electron chi connectivity index (χ3n) is 3.69. The highest BCUT2D eigenvalue weighted by molar-refractivity contribution is 7.94. The number of thiophene rings is 1. The zero-order chi connectivity index (χ0) is 18.0. The molecule has 3 rings (SSSR count). The lowest BCUT2D eigenvalue weighted by molar-refractivity contribution is 0.513. The van der Waals surface area contributed by atoms with E-state index in [9.17, 15) is 8.42 Å². The van der Waals surface area contributed by atoms with Crippen LogP contribution >= 0.6 is 11.3 Å². The van der Waals surface area contributed by atoms with Crippen LogP contribution in [-0.4, -0.2) is 18.6 Å². The molecule has 0 radical (unpaired) electrons. The van der Waals surface area contributed by atoms with Crippen LogP contribution in [0.1, 0.15) is 38.1 Å². The molecular weight excluding hydrogens is 358 g/mol. The van der Waals surface area contributed by atoms with Crippen LogP contribution in [-0.2, 0) is 16.4 Å². The van der Waals surface area contributed by atoms with E-state index in [1.807, 2.05) is 19.1 Å². The van der Waals surface area contributed by atoms with Gasteiger partial charge in [-0.25, -0.2) is 8.42 Å². The molecule has 1 aromatic carbocycles. The molecule has 3 aromatic rings. The highest BCUT2D eigenvalue weighted by Gasteiger charge is 2.19. The third-order valence-corrected chi connectivity index (χ3v) is 6.51. The molecule has 1 N–H and O–H groups in total. The molecule has 0 unspecified atom stereocenters. The molecule has 132 valence electrons. The number of sulfonamides is 1. The van der Waals surface area contributed by atoms with Gasteiger partial charge in [0.15, 0.2) is 0 Å². The van der Waals surface area contributed by atoms with E-state index in [1.54, 1.807) is 23.6 Å². The lowest BCUT2D eigenvalue weighted by Gasteiger charge is -2.09. The van der Waals surface area contributed by atoms with Crippen molar-refractivity contribution in [1.82, 2.24) is 10.2 Å². The fourth-order valence-corrected chi connectivity index (χ4v) is 4.44. The zero-order valence-corrected chi connectivity index (χ0v) is 15.8. The summed E-state index contributed by atoms with van der Waals surface area (Å²) in [7, 11) is -3.65. The number of aromatic nitrogens is 2. The van der Waals surface area contributed by atoms with Gasteiger partial charge in [-0.1, -0.05) is 32.9 Å². The summed E-state index contributed by atoms with van der Waals surface area (Å²) >= 11 is 1.12. The lowest BCUT2D eigenvalue weighted by atomic mass is 10.0. The molecule has 0 aliphatic carbocycles. The molecule has 0 saturated heterocycles. The van der Waals surface area contributed by atoms with Gasteiger partial charge in [-0.3, -0.25) is 4.72 Å². The fourth-order valence-electron chi connectivity index (χ4n) is 2.22. The molecule has 0 bridgehead atoms. The summed E-state index contributed by atoms with van der Waals surface area (Å²) in [6.45, 7) is 6.09. The second-order valence-electron chi connectivity index (χ2n) is 5.89. The molecule has 25 heavy (non-hydrogen) atoms. The Balaban J connectivity index is 1.80. The first-order valence-corrected chi connectivity index (χ1v) is 10.3. The largest absolute Gasteiger partial charge is 0.421 e. The fraction of sp³-hybridized carbons (Fsp3) is 0.294. The predicted octanol–water partition coefficient (Wildman–Crippen LogP) is 4.28. The van der Waals surface area contributed by atoms with Gasteiger partial charge in [-0.15, -0.1) is 21.5 Å². The maximum absolute atomic E-state index is 12.6. The van der Waals surface area contributed by atoms with Crippen molar-refractivity contribution in [3.05, 3.63) is 47.2 Å². The van der Waals surface area contributed by atoms with Crippen molar-refractivity contribution in [2.75, 3.05) is 4.72 Å². The van der Waals surface area contributed by atoms with E-state index in [2.05, 4.69) is 28.8 Å². The van der Waals surface area contributed by atoms with Crippen molar-refractivity contribution in [2.45, 2.75) is 37.3 Å². The molecule has 0 spiro atoms. The molecule has 0 aliphatic heterocycles. The van der Waals surface area contributed by atoms with Crippen LogP contribution < -0.4 is 4.72 Å². The van der Waals surface area contributed by atoms with Crippen LogP contribution in [0.2, 0.25) is 0 Å². The van der Waals surface area contributed by atoms with Crippen LogP contribution in [0, 0.1) is 0 Å². The van der Waals surface area contributed by atoms with Crippen LogP contribution in [0.3, 0.4) is 0 Å². The van der Waals surface area contributed by atoms with Crippen molar-refractivity contribution in [3.63, 3.8) is 0 Å². The summed E-state index contributed by atoms with van der Waals surface area (Å²) in [6.07, 6.45) is 0.635. The first-order valence-electron chi connectivity index (χ1n) is 7.93. The molecule has 0 atom stereocenters. The van der Waals surface area contributed by atoms with E-state index in [4.69, 9.17) is 4.42 Å². The average Bonchev–Trinajstić information content (AvgIpc) is 3.24. The Labute approximate surface area is 151 Å². The van der Waals surface area contributed by atoms with Crippen molar-refractivity contribution < 1.29 is 12.8 Å². The summed E-state index contributed by atoms with van der Waals surface area (Å²) in [5, 5.41) is 9.53. The number of aryl methyl sites for hydroxylation is 1. The normalized spacial score (nSPS) is 11.8. The second-order valence-corrected chi connectivity index (χ2v) is 8.71. The van der Waals surface area contributed by atoms with Crippen molar-refractivity contribution >= 4 is 27.0 Å². The maximum Gasteiger partial charge on any atom is 0.271 e. The number of benzene rings is 1. The summed E-state index contributed by atoms with van der Waals surface area (Å²) in [5.74, 6) is 1.25. The molecule has 2 heterocycles.